The normalized spacial score (nSPS) is 12.1. The number of nitro groups is 1. The number of ether oxygens (including phenoxy) is 1. The van der Waals surface area contributed by atoms with Gasteiger partial charge in [0.05, 0.1) is 11.0 Å². The fourth-order valence-electron chi connectivity index (χ4n) is 1.12. The second-order valence-electron chi connectivity index (χ2n) is 3.20. The van der Waals surface area contributed by atoms with Crippen molar-refractivity contribution in [3.8, 4) is 0 Å². The Morgan fingerprint density at radius 1 is 1.53 bits per heavy atom. The number of methoxy groups -OCH3 is 1. The monoisotopic (exact) mass is 210 g/mol. The molecule has 0 heterocycles. The molecule has 5 nitrogen and oxygen atoms in total. The van der Waals surface area contributed by atoms with Crippen LogP contribution in [0.3, 0.4) is 0 Å². The Bertz CT molecular complexity index is 341. The van der Waals surface area contributed by atoms with Crippen LogP contribution in [0.5, 0.6) is 0 Å². The quantitative estimate of drug-likeness (QED) is 0.596. The van der Waals surface area contributed by atoms with Crippen molar-refractivity contribution in [1.82, 2.24) is 0 Å². The molecule has 0 aliphatic rings. The van der Waals surface area contributed by atoms with Crippen LogP contribution >= 0.6 is 0 Å². The summed E-state index contributed by atoms with van der Waals surface area (Å²) in [6.45, 7) is 2.43. The van der Waals surface area contributed by atoms with Crippen molar-refractivity contribution in [2.24, 2.45) is 0 Å². The van der Waals surface area contributed by atoms with Crippen LogP contribution in [0.1, 0.15) is 6.92 Å². The van der Waals surface area contributed by atoms with Crippen molar-refractivity contribution < 1.29 is 9.66 Å². The zero-order valence-electron chi connectivity index (χ0n) is 8.77. The molecule has 0 aliphatic carbocycles. The van der Waals surface area contributed by atoms with E-state index in [0.29, 0.717) is 12.2 Å². The van der Waals surface area contributed by atoms with E-state index < -0.39 is 4.92 Å². The fourth-order valence-corrected chi connectivity index (χ4v) is 1.12. The molecule has 1 unspecified atom stereocenters. The van der Waals surface area contributed by atoms with Gasteiger partial charge in [-0.25, -0.2) is 0 Å². The lowest BCUT2D eigenvalue weighted by atomic mass is 10.2. The summed E-state index contributed by atoms with van der Waals surface area (Å²) in [4.78, 5) is 10.3. The Morgan fingerprint density at radius 3 is 2.80 bits per heavy atom. The van der Waals surface area contributed by atoms with E-state index >= 15 is 0 Å². The summed E-state index contributed by atoms with van der Waals surface area (Å²) in [5, 5.41) is 13.6. The molecule has 0 saturated carbocycles. The number of nitro benzene ring substituents is 1. The van der Waals surface area contributed by atoms with Gasteiger partial charge in [0.25, 0.3) is 5.69 Å². The lowest BCUT2D eigenvalue weighted by molar-refractivity contribution is -0.384. The molecule has 0 bridgehead atoms. The van der Waals surface area contributed by atoms with E-state index in [1.54, 1.807) is 25.3 Å². The van der Waals surface area contributed by atoms with E-state index in [1.165, 1.54) is 6.07 Å². The first-order valence-corrected chi connectivity index (χ1v) is 4.65. The Hall–Kier alpha value is -1.62. The van der Waals surface area contributed by atoms with Crippen LogP contribution in [0.25, 0.3) is 0 Å². The van der Waals surface area contributed by atoms with Crippen LogP contribution in [0.15, 0.2) is 24.3 Å². The number of hydrogen-bond donors (Lipinski definition) is 1. The van der Waals surface area contributed by atoms with Gasteiger partial charge in [0, 0.05) is 19.7 Å². The van der Waals surface area contributed by atoms with E-state index in [0.717, 1.165) is 0 Å². The number of rotatable bonds is 5. The second kappa shape index (κ2) is 5.31. The van der Waals surface area contributed by atoms with E-state index in [1.807, 2.05) is 6.92 Å². The summed E-state index contributed by atoms with van der Waals surface area (Å²) in [5.41, 5.74) is 0.604. The first-order valence-electron chi connectivity index (χ1n) is 4.65. The average molecular weight is 210 g/mol. The number of nitrogens with one attached hydrogen (secondary N) is 1. The average Bonchev–Trinajstić information content (AvgIpc) is 2.26. The lowest BCUT2D eigenvalue weighted by Gasteiger charge is -2.11. The van der Waals surface area contributed by atoms with E-state index in [-0.39, 0.29) is 11.8 Å². The Labute approximate surface area is 88.2 Å². The molecule has 0 spiro atoms. The third kappa shape index (κ3) is 3.21. The smallest absolute Gasteiger partial charge is 0.292 e. The van der Waals surface area contributed by atoms with E-state index in [2.05, 4.69) is 5.32 Å². The molecule has 0 aromatic heterocycles. The van der Waals surface area contributed by atoms with Gasteiger partial charge in [0.15, 0.2) is 0 Å². The molecule has 0 aliphatic heterocycles. The minimum atomic E-state index is -0.403. The molecule has 82 valence electrons. The molecule has 0 amide bonds. The minimum absolute atomic E-state index is 0.0183. The zero-order chi connectivity index (χ0) is 11.3. The molecular formula is C10H14N2O3. The predicted octanol–water partition coefficient (Wildman–Crippen LogP) is 2.04. The highest BCUT2D eigenvalue weighted by Crippen LogP contribution is 2.22. The number of anilines is 1. The largest absolute Gasteiger partial charge is 0.380 e. The minimum Gasteiger partial charge on any atom is -0.380 e. The van der Waals surface area contributed by atoms with Crippen LogP contribution in [-0.2, 0) is 4.74 Å². The molecule has 0 radical (unpaired) electrons. The van der Waals surface area contributed by atoms with Gasteiger partial charge in [-0.05, 0) is 13.0 Å². The molecular weight excluding hydrogens is 196 g/mol. The van der Waals surface area contributed by atoms with Crippen molar-refractivity contribution in [2.45, 2.75) is 13.0 Å². The van der Waals surface area contributed by atoms with Crippen LogP contribution < -0.4 is 5.32 Å². The zero-order valence-corrected chi connectivity index (χ0v) is 8.77. The van der Waals surface area contributed by atoms with Crippen LogP contribution in [-0.4, -0.2) is 24.7 Å². The predicted molar refractivity (Wildman–Crippen MR) is 58.1 cm³/mol. The van der Waals surface area contributed by atoms with Gasteiger partial charge in [-0.3, -0.25) is 10.1 Å². The molecule has 0 saturated heterocycles. The maximum absolute atomic E-state index is 10.7. The summed E-state index contributed by atoms with van der Waals surface area (Å²) in [7, 11) is 1.60. The van der Waals surface area contributed by atoms with E-state index in [9.17, 15) is 10.1 Å². The summed E-state index contributed by atoms with van der Waals surface area (Å²) in [5.74, 6) is 0. The van der Waals surface area contributed by atoms with Gasteiger partial charge in [-0.2, -0.15) is 0 Å². The lowest BCUT2D eigenvalue weighted by Crippen LogP contribution is -2.18. The number of hydrogen-bond acceptors (Lipinski definition) is 4. The van der Waals surface area contributed by atoms with Crippen molar-refractivity contribution in [1.29, 1.82) is 0 Å². The molecule has 1 N–H and O–H groups in total. The Morgan fingerprint density at radius 2 is 2.20 bits per heavy atom. The number of benzene rings is 1. The van der Waals surface area contributed by atoms with Crippen molar-refractivity contribution in [3.63, 3.8) is 0 Å². The van der Waals surface area contributed by atoms with Gasteiger partial charge >= 0.3 is 0 Å². The standard InChI is InChI=1S/C10H14N2O3/c1-8(15-2)7-11-9-5-3-4-6-10(9)12(13)14/h3-6,8,11H,7H2,1-2H3. The van der Waals surface area contributed by atoms with Gasteiger partial charge in [-0.15, -0.1) is 0 Å². The summed E-state index contributed by atoms with van der Waals surface area (Å²) >= 11 is 0. The second-order valence-corrected chi connectivity index (χ2v) is 3.20. The highest BCUT2D eigenvalue weighted by atomic mass is 16.6. The Balaban J connectivity index is 2.72. The van der Waals surface area contributed by atoms with Crippen molar-refractivity contribution in [2.75, 3.05) is 19.0 Å². The SMILES string of the molecule is COC(C)CNc1ccccc1[N+](=O)[O-]. The maximum atomic E-state index is 10.7. The fraction of sp³-hybridized carbons (Fsp3) is 0.400. The van der Waals surface area contributed by atoms with Crippen molar-refractivity contribution >= 4 is 11.4 Å². The highest BCUT2D eigenvalue weighted by Gasteiger charge is 2.12. The summed E-state index contributed by atoms with van der Waals surface area (Å²) < 4.78 is 5.04. The molecule has 5 heteroatoms. The Kier molecular flexibility index (Phi) is 4.05. The first kappa shape index (κ1) is 11.5. The number of nitrogens with zero attached hydrogens (tertiary/aromatic N) is 1. The van der Waals surface area contributed by atoms with Crippen LogP contribution in [0.2, 0.25) is 0 Å². The number of para-hydroxylation sites is 2. The third-order valence-electron chi connectivity index (χ3n) is 2.08. The van der Waals surface area contributed by atoms with Gasteiger partial charge in [-0.1, -0.05) is 12.1 Å². The van der Waals surface area contributed by atoms with Gasteiger partial charge in [0.1, 0.15) is 5.69 Å². The molecule has 1 atom stereocenters. The topological polar surface area (TPSA) is 64.4 Å². The summed E-state index contributed by atoms with van der Waals surface area (Å²) in [6, 6.07) is 6.55. The maximum Gasteiger partial charge on any atom is 0.292 e. The van der Waals surface area contributed by atoms with Crippen LogP contribution in [0.4, 0.5) is 11.4 Å². The van der Waals surface area contributed by atoms with Gasteiger partial charge in [0.2, 0.25) is 0 Å². The highest BCUT2D eigenvalue weighted by molar-refractivity contribution is 5.61. The first-order chi connectivity index (χ1) is 7.15. The molecule has 0 fully saturated rings. The molecule has 1 rings (SSSR count). The third-order valence-corrected chi connectivity index (χ3v) is 2.08. The molecule has 1 aromatic rings. The van der Waals surface area contributed by atoms with Crippen molar-refractivity contribution in [3.05, 3.63) is 34.4 Å². The molecule has 15 heavy (non-hydrogen) atoms. The van der Waals surface area contributed by atoms with E-state index in [4.69, 9.17) is 4.74 Å². The van der Waals surface area contributed by atoms with Crippen LogP contribution in [0, 0.1) is 10.1 Å². The summed E-state index contributed by atoms with van der Waals surface area (Å²) in [6.07, 6.45) is 0.0183. The molecule has 1 aromatic carbocycles. The van der Waals surface area contributed by atoms with Gasteiger partial charge < -0.3 is 10.1 Å².